The van der Waals surface area contributed by atoms with E-state index in [1.807, 2.05) is 35.8 Å². The van der Waals surface area contributed by atoms with Gasteiger partial charge in [-0.1, -0.05) is 12.1 Å². The van der Waals surface area contributed by atoms with Gasteiger partial charge in [-0.2, -0.15) is 0 Å². The molecular weight excluding hydrogens is 272 g/mol. The van der Waals surface area contributed by atoms with Crippen LogP contribution in [0.1, 0.15) is 16.3 Å². The van der Waals surface area contributed by atoms with E-state index in [0.29, 0.717) is 13.1 Å². The normalized spacial score (nSPS) is 10.9. The van der Waals surface area contributed by atoms with Crippen LogP contribution in [-0.2, 0) is 6.54 Å². The van der Waals surface area contributed by atoms with Crippen LogP contribution >= 0.6 is 0 Å². The van der Waals surface area contributed by atoms with E-state index in [2.05, 4.69) is 25.2 Å². The first-order valence-corrected chi connectivity index (χ1v) is 6.45. The Morgan fingerprint density at radius 2 is 2.19 bits per heavy atom. The summed E-state index contributed by atoms with van der Waals surface area (Å²) in [7, 11) is 0. The van der Waals surface area contributed by atoms with Crippen molar-refractivity contribution in [2.75, 3.05) is 12.3 Å². The van der Waals surface area contributed by atoms with Crippen molar-refractivity contribution in [1.29, 1.82) is 0 Å². The van der Waals surface area contributed by atoms with Gasteiger partial charge in [0.1, 0.15) is 5.82 Å². The molecule has 3 N–H and O–H groups in total. The van der Waals surface area contributed by atoms with E-state index >= 15 is 0 Å². The Balaban J connectivity index is 1.69. The quantitative estimate of drug-likeness (QED) is 0.731. The van der Waals surface area contributed by atoms with Crippen LogP contribution < -0.4 is 11.1 Å². The number of rotatable bonds is 4. The van der Waals surface area contributed by atoms with Gasteiger partial charge in [-0.3, -0.25) is 4.79 Å². The van der Waals surface area contributed by atoms with Crippen molar-refractivity contribution in [3.63, 3.8) is 0 Å². The molecule has 3 rings (SSSR count). The number of hydrogen-bond acceptors (Lipinski definition) is 6. The summed E-state index contributed by atoms with van der Waals surface area (Å²) in [6.07, 6.45) is 0. The molecule has 0 bridgehead atoms. The van der Waals surface area contributed by atoms with Gasteiger partial charge in [-0.15, -0.1) is 0 Å². The highest BCUT2D eigenvalue weighted by molar-refractivity contribution is 5.95. The summed E-state index contributed by atoms with van der Waals surface area (Å²) < 4.78 is 6.44. The van der Waals surface area contributed by atoms with Gasteiger partial charge in [0.05, 0.1) is 11.0 Å². The Labute approximate surface area is 119 Å². The first kappa shape index (κ1) is 13.1. The van der Waals surface area contributed by atoms with E-state index in [4.69, 9.17) is 5.73 Å². The number of nitrogens with two attached hydrogens (primary N) is 1. The molecule has 3 aromatic rings. The monoisotopic (exact) mass is 286 g/mol. The molecule has 2 aromatic heterocycles. The summed E-state index contributed by atoms with van der Waals surface area (Å²) in [6.45, 7) is 2.96. The fourth-order valence-corrected chi connectivity index (χ4v) is 2.20. The third kappa shape index (κ3) is 2.42. The number of hydrogen-bond donors (Lipinski definition) is 2. The molecule has 108 valence electrons. The van der Waals surface area contributed by atoms with Crippen molar-refractivity contribution < 1.29 is 9.42 Å². The lowest BCUT2D eigenvalue weighted by atomic mass is 10.3. The number of fused-ring (bicyclic) bond motifs is 1. The molecule has 21 heavy (non-hydrogen) atoms. The van der Waals surface area contributed by atoms with Gasteiger partial charge in [0.15, 0.2) is 0 Å². The number of imidazole rings is 1. The van der Waals surface area contributed by atoms with Crippen LogP contribution in [0.2, 0.25) is 0 Å². The van der Waals surface area contributed by atoms with E-state index in [1.165, 1.54) is 0 Å². The summed E-state index contributed by atoms with van der Waals surface area (Å²) >= 11 is 0. The minimum Gasteiger partial charge on any atom is -0.379 e. The maximum Gasteiger partial charge on any atom is 0.277 e. The zero-order valence-corrected chi connectivity index (χ0v) is 11.4. The topological polar surface area (TPSA) is 112 Å². The fourth-order valence-electron chi connectivity index (χ4n) is 2.20. The third-order valence-electron chi connectivity index (χ3n) is 3.20. The van der Waals surface area contributed by atoms with Gasteiger partial charge < -0.3 is 15.6 Å². The molecule has 0 unspecified atom stereocenters. The van der Waals surface area contributed by atoms with Crippen molar-refractivity contribution in [3.8, 4) is 0 Å². The molecule has 8 heteroatoms. The number of nitrogen functional groups attached to an aromatic ring is 1. The van der Waals surface area contributed by atoms with Gasteiger partial charge in [-0.05, 0) is 29.4 Å². The van der Waals surface area contributed by atoms with Crippen LogP contribution in [0.5, 0.6) is 0 Å². The first-order valence-electron chi connectivity index (χ1n) is 6.45. The minimum atomic E-state index is -0.407. The van der Waals surface area contributed by atoms with Crippen LogP contribution in [0, 0.1) is 6.92 Å². The van der Waals surface area contributed by atoms with Gasteiger partial charge in [-0.25, -0.2) is 9.61 Å². The van der Waals surface area contributed by atoms with Crippen molar-refractivity contribution in [3.05, 3.63) is 35.8 Å². The third-order valence-corrected chi connectivity index (χ3v) is 3.20. The molecule has 2 heterocycles. The molecule has 1 aromatic carbocycles. The maximum absolute atomic E-state index is 11.8. The summed E-state index contributed by atoms with van der Waals surface area (Å²) in [5.74, 6) is 0.473. The van der Waals surface area contributed by atoms with Crippen molar-refractivity contribution >= 4 is 22.8 Å². The average Bonchev–Trinajstić information content (AvgIpc) is 3.03. The standard InChI is InChI=1S/C13H14N6O2/c1-8-16-9-4-2-3-5-10(9)19(8)7-6-15-13(20)11-12(14)18-21-17-11/h2-5H,6-7H2,1H3,(H2,14,18)(H,15,20). The second-order valence-corrected chi connectivity index (χ2v) is 4.55. The molecule has 0 atom stereocenters. The molecule has 0 radical (unpaired) electrons. The number of nitrogens with one attached hydrogen (secondary N) is 1. The van der Waals surface area contributed by atoms with Gasteiger partial charge >= 0.3 is 0 Å². The lowest BCUT2D eigenvalue weighted by molar-refractivity contribution is 0.0943. The van der Waals surface area contributed by atoms with E-state index in [9.17, 15) is 4.79 Å². The largest absolute Gasteiger partial charge is 0.379 e. The Morgan fingerprint density at radius 1 is 1.38 bits per heavy atom. The smallest absolute Gasteiger partial charge is 0.277 e. The number of carbonyl (C=O) groups is 1. The molecule has 0 fully saturated rings. The Morgan fingerprint density at radius 3 is 2.95 bits per heavy atom. The second-order valence-electron chi connectivity index (χ2n) is 4.55. The predicted molar refractivity (Wildman–Crippen MR) is 75.5 cm³/mol. The SMILES string of the molecule is Cc1nc2ccccc2n1CCNC(=O)c1nonc1N. The molecular formula is C13H14N6O2. The number of amides is 1. The minimum absolute atomic E-state index is 0.00205. The molecule has 1 amide bonds. The van der Waals surface area contributed by atoms with Crippen LogP contribution in [0.25, 0.3) is 11.0 Å². The van der Waals surface area contributed by atoms with Gasteiger partial charge in [0.2, 0.25) is 11.5 Å². The van der Waals surface area contributed by atoms with Crippen molar-refractivity contribution in [2.24, 2.45) is 0 Å². The van der Waals surface area contributed by atoms with E-state index in [-0.39, 0.29) is 11.5 Å². The maximum atomic E-state index is 11.8. The number of aromatic nitrogens is 4. The predicted octanol–water partition coefficient (Wildman–Crippen LogP) is 0.740. The molecule has 8 nitrogen and oxygen atoms in total. The number of carbonyl (C=O) groups excluding carboxylic acids is 1. The van der Waals surface area contributed by atoms with Crippen molar-refractivity contribution in [1.82, 2.24) is 25.2 Å². The average molecular weight is 286 g/mol. The van der Waals surface area contributed by atoms with Crippen molar-refractivity contribution in [2.45, 2.75) is 13.5 Å². The highest BCUT2D eigenvalue weighted by Crippen LogP contribution is 2.14. The second kappa shape index (κ2) is 5.23. The summed E-state index contributed by atoms with van der Waals surface area (Å²) in [5.41, 5.74) is 7.44. The van der Waals surface area contributed by atoms with E-state index < -0.39 is 5.91 Å². The lowest BCUT2D eigenvalue weighted by Crippen LogP contribution is -2.28. The molecule has 0 aliphatic heterocycles. The number of aryl methyl sites for hydroxylation is 1. The number of para-hydroxylation sites is 2. The zero-order valence-electron chi connectivity index (χ0n) is 11.4. The zero-order chi connectivity index (χ0) is 14.8. The van der Waals surface area contributed by atoms with Crippen LogP contribution in [0.3, 0.4) is 0 Å². The summed E-state index contributed by atoms with van der Waals surface area (Å²) in [4.78, 5) is 16.3. The van der Waals surface area contributed by atoms with Crippen LogP contribution in [0.15, 0.2) is 28.9 Å². The first-order chi connectivity index (χ1) is 10.2. The van der Waals surface area contributed by atoms with Gasteiger partial charge in [0.25, 0.3) is 5.91 Å². The van der Waals surface area contributed by atoms with E-state index in [0.717, 1.165) is 16.9 Å². The highest BCUT2D eigenvalue weighted by atomic mass is 16.6. The van der Waals surface area contributed by atoms with Crippen LogP contribution in [-0.4, -0.2) is 32.3 Å². The Kier molecular flexibility index (Phi) is 3.27. The lowest BCUT2D eigenvalue weighted by Gasteiger charge is -2.07. The van der Waals surface area contributed by atoms with Crippen LogP contribution in [0.4, 0.5) is 5.82 Å². The summed E-state index contributed by atoms with van der Waals surface area (Å²) in [5, 5.41) is 9.55. The molecule has 0 saturated carbocycles. The Bertz CT molecular complexity index is 791. The molecule has 0 aliphatic carbocycles. The highest BCUT2D eigenvalue weighted by Gasteiger charge is 2.15. The summed E-state index contributed by atoms with van der Waals surface area (Å²) in [6, 6.07) is 7.86. The number of nitrogens with zero attached hydrogens (tertiary/aromatic N) is 4. The van der Waals surface area contributed by atoms with E-state index in [1.54, 1.807) is 0 Å². The fraction of sp³-hybridized carbons (Fsp3) is 0.231. The molecule has 0 spiro atoms. The number of benzene rings is 1. The molecule has 0 saturated heterocycles. The van der Waals surface area contributed by atoms with Gasteiger partial charge in [0, 0.05) is 13.1 Å². The number of anilines is 1. The molecule has 0 aliphatic rings. The Hall–Kier alpha value is -2.90.